The van der Waals surface area contributed by atoms with E-state index >= 15 is 0 Å². The zero-order valence-corrected chi connectivity index (χ0v) is 14.4. The standard InChI is InChI=1S/C19H19FN2OS/c1-13-18(21-19(24-13)22-7-9-23-10-8-22)12-14-5-6-15-3-2-4-17(20)16(15)11-14/h2-6,11H,7-10,12H2,1H3. The molecule has 1 aliphatic rings. The average Bonchev–Trinajstić information content (AvgIpc) is 2.97. The molecular formula is C19H19FN2OS. The van der Waals surface area contributed by atoms with Gasteiger partial charge in [0.15, 0.2) is 5.13 Å². The van der Waals surface area contributed by atoms with Crippen molar-refractivity contribution in [3.05, 3.63) is 58.3 Å². The maximum atomic E-state index is 14.0. The lowest BCUT2D eigenvalue weighted by Gasteiger charge is -2.26. The molecule has 0 saturated carbocycles. The molecule has 5 heteroatoms. The van der Waals surface area contributed by atoms with E-state index in [9.17, 15) is 4.39 Å². The quantitative estimate of drug-likeness (QED) is 0.714. The second-order valence-corrected chi connectivity index (χ2v) is 7.25. The number of ether oxygens (including phenoxy) is 1. The van der Waals surface area contributed by atoms with E-state index in [2.05, 4.69) is 17.9 Å². The van der Waals surface area contributed by atoms with E-state index in [1.807, 2.05) is 18.2 Å². The Morgan fingerprint density at radius 1 is 1.21 bits per heavy atom. The van der Waals surface area contributed by atoms with Gasteiger partial charge in [0.1, 0.15) is 5.82 Å². The molecule has 4 rings (SSSR count). The lowest BCUT2D eigenvalue weighted by molar-refractivity contribution is 0.122. The predicted molar refractivity (Wildman–Crippen MR) is 96.6 cm³/mol. The molecule has 3 nitrogen and oxygen atoms in total. The summed E-state index contributed by atoms with van der Waals surface area (Å²) < 4.78 is 19.4. The molecule has 0 spiro atoms. The third kappa shape index (κ3) is 3.01. The summed E-state index contributed by atoms with van der Waals surface area (Å²) in [6.07, 6.45) is 0.733. The van der Waals surface area contributed by atoms with Crippen molar-refractivity contribution in [1.82, 2.24) is 4.98 Å². The molecule has 2 aromatic carbocycles. The van der Waals surface area contributed by atoms with Gasteiger partial charge in [-0.1, -0.05) is 24.3 Å². The molecule has 0 unspecified atom stereocenters. The number of fused-ring (bicyclic) bond motifs is 1. The number of halogens is 1. The minimum Gasteiger partial charge on any atom is -0.378 e. The van der Waals surface area contributed by atoms with E-state index in [1.165, 1.54) is 10.9 Å². The molecule has 0 N–H and O–H groups in total. The summed E-state index contributed by atoms with van der Waals surface area (Å²) in [6.45, 7) is 5.43. The number of rotatable bonds is 3. The number of thiazole rings is 1. The highest BCUT2D eigenvalue weighted by molar-refractivity contribution is 7.15. The number of hydrogen-bond acceptors (Lipinski definition) is 4. The predicted octanol–water partition coefficient (Wildman–Crippen LogP) is 4.17. The second-order valence-electron chi connectivity index (χ2n) is 6.07. The summed E-state index contributed by atoms with van der Waals surface area (Å²) in [4.78, 5) is 8.34. The molecule has 1 aromatic heterocycles. The molecule has 1 saturated heterocycles. The van der Waals surface area contributed by atoms with Gasteiger partial charge < -0.3 is 9.64 Å². The SMILES string of the molecule is Cc1sc(N2CCOCC2)nc1Cc1ccc2cccc(F)c2c1. The van der Waals surface area contributed by atoms with Gasteiger partial charge in [-0.3, -0.25) is 0 Å². The second kappa shape index (κ2) is 6.49. The highest BCUT2D eigenvalue weighted by atomic mass is 32.1. The van der Waals surface area contributed by atoms with Gasteiger partial charge in [-0.05, 0) is 30.0 Å². The van der Waals surface area contributed by atoms with Gasteiger partial charge in [0.05, 0.1) is 18.9 Å². The number of anilines is 1. The van der Waals surface area contributed by atoms with E-state index < -0.39 is 0 Å². The van der Waals surface area contributed by atoms with E-state index in [0.717, 1.165) is 54.5 Å². The fraction of sp³-hybridized carbons (Fsp3) is 0.316. The van der Waals surface area contributed by atoms with E-state index in [4.69, 9.17) is 9.72 Å². The van der Waals surface area contributed by atoms with Crippen LogP contribution in [0.25, 0.3) is 10.8 Å². The maximum Gasteiger partial charge on any atom is 0.185 e. The van der Waals surface area contributed by atoms with E-state index in [0.29, 0.717) is 5.39 Å². The Kier molecular flexibility index (Phi) is 4.21. The lowest BCUT2D eigenvalue weighted by Crippen LogP contribution is -2.36. The van der Waals surface area contributed by atoms with E-state index in [1.54, 1.807) is 17.4 Å². The van der Waals surface area contributed by atoms with Gasteiger partial charge in [-0.25, -0.2) is 9.37 Å². The van der Waals surface area contributed by atoms with Crippen LogP contribution in [-0.2, 0) is 11.2 Å². The maximum absolute atomic E-state index is 14.0. The summed E-state index contributed by atoms with van der Waals surface area (Å²) in [7, 11) is 0. The Labute approximate surface area is 144 Å². The van der Waals surface area contributed by atoms with Gasteiger partial charge in [0, 0.05) is 29.8 Å². The molecule has 2 heterocycles. The van der Waals surface area contributed by atoms with Crippen molar-refractivity contribution in [2.75, 3.05) is 31.2 Å². The number of morpholine rings is 1. The first-order chi connectivity index (χ1) is 11.7. The normalized spacial score (nSPS) is 15.2. The number of hydrogen-bond donors (Lipinski definition) is 0. The molecule has 0 bridgehead atoms. The topological polar surface area (TPSA) is 25.4 Å². The van der Waals surface area contributed by atoms with E-state index in [-0.39, 0.29) is 5.82 Å². The molecule has 0 aliphatic carbocycles. The first-order valence-corrected chi connectivity index (χ1v) is 8.98. The van der Waals surface area contributed by atoms with Crippen molar-refractivity contribution in [2.24, 2.45) is 0 Å². The highest BCUT2D eigenvalue weighted by Gasteiger charge is 2.17. The Morgan fingerprint density at radius 3 is 2.88 bits per heavy atom. The molecule has 1 fully saturated rings. The summed E-state index contributed by atoms with van der Waals surface area (Å²) >= 11 is 1.73. The fourth-order valence-corrected chi connectivity index (χ4v) is 4.03. The largest absolute Gasteiger partial charge is 0.378 e. The zero-order valence-electron chi connectivity index (χ0n) is 13.6. The number of nitrogens with zero attached hydrogens (tertiary/aromatic N) is 2. The molecule has 0 amide bonds. The van der Waals surface area contributed by atoms with Crippen molar-refractivity contribution in [1.29, 1.82) is 0 Å². The zero-order chi connectivity index (χ0) is 16.5. The number of aromatic nitrogens is 1. The molecule has 0 atom stereocenters. The fourth-order valence-electron chi connectivity index (χ4n) is 3.05. The van der Waals surface area contributed by atoms with Gasteiger partial charge >= 0.3 is 0 Å². The molecule has 24 heavy (non-hydrogen) atoms. The Bertz CT molecular complexity index is 871. The summed E-state index contributed by atoms with van der Waals surface area (Å²) in [6, 6.07) is 11.2. The first-order valence-electron chi connectivity index (χ1n) is 8.17. The van der Waals surface area contributed by atoms with Crippen LogP contribution in [0.2, 0.25) is 0 Å². The number of benzene rings is 2. The van der Waals surface area contributed by atoms with Gasteiger partial charge in [-0.15, -0.1) is 11.3 Å². The minimum atomic E-state index is -0.168. The third-order valence-corrected chi connectivity index (χ3v) is 5.50. The first kappa shape index (κ1) is 15.5. The molecule has 0 radical (unpaired) electrons. The minimum absolute atomic E-state index is 0.168. The van der Waals surface area contributed by atoms with Gasteiger partial charge in [0.2, 0.25) is 0 Å². The Hall–Kier alpha value is -1.98. The van der Waals surface area contributed by atoms with Gasteiger partial charge in [-0.2, -0.15) is 0 Å². The van der Waals surface area contributed by atoms with Crippen molar-refractivity contribution in [3.8, 4) is 0 Å². The van der Waals surface area contributed by atoms with Crippen LogP contribution >= 0.6 is 11.3 Å². The van der Waals surface area contributed by atoms with Crippen molar-refractivity contribution in [3.63, 3.8) is 0 Å². The Morgan fingerprint density at radius 2 is 2.04 bits per heavy atom. The molecule has 3 aromatic rings. The van der Waals surface area contributed by atoms with Crippen molar-refractivity contribution in [2.45, 2.75) is 13.3 Å². The van der Waals surface area contributed by atoms with Gasteiger partial charge in [0.25, 0.3) is 0 Å². The van der Waals surface area contributed by atoms with Crippen LogP contribution in [0, 0.1) is 12.7 Å². The molecular weight excluding hydrogens is 323 g/mol. The summed E-state index contributed by atoms with van der Waals surface area (Å²) in [5, 5.41) is 2.68. The average molecular weight is 342 g/mol. The van der Waals surface area contributed by atoms with Crippen LogP contribution in [0.1, 0.15) is 16.1 Å². The third-order valence-electron chi connectivity index (χ3n) is 4.43. The van der Waals surface area contributed by atoms with Crippen LogP contribution < -0.4 is 4.90 Å². The lowest BCUT2D eigenvalue weighted by atomic mass is 10.0. The van der Waals surface area contributed by atoms with Crippen LogP contribution in [0.5, 0.6) is 0 Å². The number of aryl methyl sites for hydroxylation is 1. The summed E-state index contributed by atoms with van der Waals surface area (Å²) in [5.41, 5.74) is 2.17. The molecule has 124 valence electrons. The highest BCUT2D eigenvalue weighted by Crippen LogP contribution is 2.28. The summed E-state index contributed by atoms with van der Waals surface area (Å²) in [5.74, 6) is -0.168. The van der Waals surface area contributed by atoms with Crippen LogP contribution in [0.15, 0.2) is 36.4 Å². The van der Waals surface area contributed by atoms with Crippen LogP contribution in [0.4, 0.5) is 9.52 Å². The van der Waals surface area contributed by atoms with Crippen molar-refractivity contribution < 1.29 is 9.13 Å². The molecule has 1 aliphatic heterocycles. The monoisotopic (exact) mass is 342 g/mol. The smallest absolute Gasteiger partial charge is 0.185 e. The van der Waals surface area contributed by atoms with Crippen LogP contribution in [-0.4, -0.2) is 31.3 Å². The Balaban J connectivity index is 1.61. The van der Waals surface area contributed by atoms with Crippen LogP contribution in [0.3, 0.4) is 0 Å². The van der Waals surface area contributed by atoms with Crippen molar-refractivity contribution >= 4 is 27.2 Å².